The van der Waals surface area contributed by atoms with Gasteiger partial charge in [-0.3, -0.25) is 4.98 Å². The number of hydrogen-bond donors (Lipinski definition) is 2. The van der Waals surface area contributed by atoms with Gasteiger partial charge in [-0.25, -0.2) is 0 Å². The molecule has 4 nitrogen and oxygen atoms in total. The van der Waals surface area contributed by atoms with Crippen molar-refractivity contribution in [3.63, 3.8) is 0 Å². The van der Waals surface area contributed by atoms with Crippen LogP contribution in [0.5, 0.6) is 5.75 Å². The average Bonchev–Trinajstić information content (AvgIpc) is 2.96. The zero-order valence-electron chi connectivity index (χ0n) is 14.5. The van der Waals surface area contributed by atoms with Crippen molar-refractivity contribution in [2.75, 3.05) is 6.61 Å². The molecule has 1 atom stereocenters. The number of aromatic nitrogens is 2. The number of pyridine rings is 1. The lowest BCUT2D eigenvalue weighted by molar-refractivity contribution is 0.286. The van der Waals surface area contributed by atoms with E-state index in [0.717, 1.165) is 23.3 Å². The number of rotatable bonds is 5. The van der Waals surface area contributed by atoms with E-state index in [1.807, 2.05) is 30.6 Å². The van der Waals surface area contributed by atoms with Gasteiger partial charge in [-0.2, -0.15) is 0 Å². The van der Waals surface area contributed by atoms with Gasteiger partial charge >= 0.3 is 0 Å². The lowest BCUT2D eigenvalue weighted by atomic mass is 9.88. The van der Waals surface area contributed by atoms with Crippen LogP contribution in [0.1, 0.15) is 31.9 Å². The summed E-state index contributed by atoms with van der Waals surface area (Å²) in [6.07, 6.45) is 6.44. The lowest BCUT2D eigenvalue weighted by Gasteiger charge is -2.19. The standard InChI is InChI=1S/C20H25N3O/c1-20(2,3)15-9-17(12-22-11-15)24-13-16(21)8-14-10-23-19-7-5-4-6-18(14)19/h4-7,9-12,16,23H,8,13,21H2,1-3H3/t16-/m0/s1. The van der Waals surface area contributed by atoms with E-state index in [2.05, 4.69) is 42.9 Å². The largest absolute Gasteiger partial charge is 0.490 e. The van der Waals surface area contributed by atoms with Gasteiger partial charge in [0, 0.05) is 29.3 Å². The van der Waals surface area contributed by atoms with Crippen molar-refractivity contribution >= 4 is 10.9 Å². The van der Waals surface area contributed by atoms with Gasteiger partial charge in [-0.15, -0.1) is 0 Å². The fourth-order valence-electron chi connectivity index (χ4n) is 2.75. The number of fused-ring (bicyclic) bond motifs is 1. The number of para-hydroxylation sites is 1. The second-order valence-corrected chi connectivity index (χ2v) is 7.29. The minimum atomic E-state index is -0.0671. The Bertz CT molecular complexity index is 817. The molecule has 1 aromatic carbocycles. The molecule has 0 saturated heterocycles. The third-order valence-corrected chi connectivity index (χ3v) is 4.20. The van der Waals surface area contributed by atoms with Crippen LogP contribution in [-0.4, -0.2) is 22.6 Å². The van der Waals surface area contributed by atoms with Gasteiger partial charge in [-0.1, -0.05) is 39.0 Å². The first-order valence-corrected chi connectivity index (χ1v) is 8.32. The van der Waals surface area contributed by atoms with Gasteiger partial charge in [0.25, 0.3) is 0 Å². The molecule has 2 aromatic heterocycles. The smallest absolute Gasteiger partial charge is 0.137 e. The first-order chi connectivity index (χ1) is 11.4. The number of nitrogens with two attached hydrogens (primary N) is 1. The highest BCUT2D eigenvalue weighted by Crippen LogP contribution is 2.24. The van der Waals surface area contributed by atoms with Gasteiger partial charge in [0.15, 0.2) is 0 Å². The van der Waals surface area contributed by atoms with Gasteiger partial charge in [0.1, 0.15) is 12.4 Å². The Kier molecular flexibility index (Phi) is 4.58. The van der Waals surface area contributed by atoms with Crippen LogP contribution in [0, 0.1) is 0 Å². The molecule has 0 spiro atoms. The summed E-state index contributed by atoms with van der Waals surface area (Å²) in [4.78, 5) is 7.56. The molecule has 3 rings (SSSR count). The second kappa shape index (κ2) is 6.65. The summed E-state index contributed by atoms with van der Waals surface area (Å²) in [6.45, 7) is 6.96. The average molecular weight is 323 g/mol. The number of benzene rings is 1. The van der Waals surface area contributed by atoms with E-state index in [-0.39, 0.29) is 11.5 Å². The van der Waals surface area contributed by atoms with Crippen molar-refractivity contribution < 1.29 is 4.74 Å². The molecule has 0 aliphatic carbocycles. The molecule has 3 aromatic rings. The Morgan fingerprint density at radius 1 is 1.21 bits per heavy atom. The van der Waals surface area contributed by atoms with Crippen molar-refractivity contribution in [1.29, 1.82) is 0 Å². The van der Waals surface area contributed by atoms with Crippen LogP contribution in [0.3, 0.4) is 0 Å². The topological polar surface area (TPSA) is 63.9 Å². The minimum absolute atomic E-state index is 0.0541. The molecule has 0 bridgehead atoms. The van der Waals surface area contributed by atoms with Crippen LogP contribution in [0.25, 0.3) is 10.9 Å². The minimum Gasteiger partial charge on any atom is -0.490 e. The molecule has 4 heteroatoms. The van der Waals surface area contributed by atoms with Crippen LogP contribution < -0.4 is 10.5 Å². The second-order valence-electron chi connectivity index (χ2n) is 7.29. The summed E-state index contributed by atoms with van der Waals surface area (Å²) in [5.74, 6) is 0.775. The molecule has 24 heavy (non-hydrogen) atoms. The summed E-state index contributed by atoms with van der Waals surface area (Å²) in [6, 6.07) is 10.2. The van der Waals surface area contributed by atoms with E-state index in [0.29, 0.717) is 6.61 Å². The third kappa shape index (κ3) is 3.77. The van der Waals surface area contributed by atoms with Crippen molar-refractivity contribution in [3.8, 4) is 5.75 Å². The van der Waals surface area contributed by atoms with Crippen LogP contribution >= 0.6 is 0 Å². The summed E-state index contributed by atoms with van der Waals surface area (Å²) in [5, 5.41) is 1.23. The molecule has 0 saturated carbocycles. The summed E-state index contributed by atoms with van der Waals surface area (Å²) < 4.78 is 5.87. The highest BCUT2D eigenvalue weighted by Gasteiger charge is 2.15. The van der Waals surface area contributed by atoms with Gasteiger partial charge < -0.3 is 15.5 Å². The first kappa shape index (κ1) is 16.5. The number of aromatic amines is 1. The zero-order valence-corrected chi connectivity index (χ0v) is 14.5. The normalized spacial score (nSPS) is 13.2. The Morgan fingerprint density at radius 2 is 2.00 bits per heavy atom. The molecule has 0 fully saturated rings. The molecular weight excluding hydrogens is 298 g/mol. The van der Waals surface area contributed by atoms with Gasteiger partial charge in [0.05, 0.1) is 6.20 Å². The zero-order chi connectivity index (χ0) is 17.2. The number of nitrogens with one attached hydrogen (secondary N) is 1. The quantitative estimate of drug-likeness (QED) is 0.750. The highest BCUT2D eigenvalue weighted by atomic mass is 16.5. The molecule has 2 heterocycles. The van der Waals surface area contributed by atoms with E-state index in [1.54, 1.807) is 6.20 Å². The van der Waals surface area contributed by atoms with Crippen molar-refractivity contribution in [2.45, 2.75) is 38.6 Å². The molecule has 0 unspecified atom stereocenters. The monoisotopic (exact) mass is 323 g/mol. The van der Waals surface area contributed by atoms with Crippen LogP contribution in [0.15, 0.2) is 48.9 Å². The maximum Gasteiger partial charge on any atom is 0.137 e. The van der Waals surface area contributed by atoms with E-state index < -0.39 is 0 Å². The fourth-order valence-corrected chi connectivity index (χ4v) is 2.75. The molecule has 0 radical (unpaired) electrons. The summed E-state index contributed by atoms with van der Waals surface area (Å²) in [7, 11) is 0. The maximum absolute atomic E-state index is 6.27. The highest BCUT2D eigenvalue weighted by molar-refractivity contribution is 5.83. The summed E-state index contributed by atoms with van der Waals surface area (Å²) in [5.41, 5.74) is 9.85. The molecule has 0 aliphatic rings. The van der Waals surface area contributed by atoms with Crippen molar-refractivity contribution in [1.82, 2.24) is 9.97 Å². The molecular formula is C20H25N3O. The molecule has 126 valence electrons. The SMILES string of the molecule is CC(C)(C)c1cncc(OC[C@@H](N)Cc2c[nH]c3ccccc23)c1. The van der Waals surface area contributed by atoms with E-state index in [9.17, 15) is 0 Å². The number of H-pyrrole nitrogens is 1. The first-order valence-electron chi connectivity index (χ1n) is 8.32. The predicted molar refractivity (Wildman–Crippen MR) is 98.4 cm³/mol. The Balaban J connectivity index is 1.63. The molecule has 0 aliphatic heterocycles. The summed E-state index contributed by atoms with van der Waals surface area (Å²) >= 11 is 0. The van der Waals surface area contributed by atoms with Crippen LogP contribution in [0.2, 0.25) is 0 Å². The number of nitrogens with zero attached hydrogens (tertiary/aromatic N) is 1. The van der Waals surface area contributed by atoms with Gasteiger partial charge in [0.2, 0.25) is 0 Å². The van der Waals surface area contributed by atoms with E-state index in [4.69, 9.17) is 10.5 Å². The van der Waals surface area contributed by atoms with E-state index >= 15 is 0 Å². The predicted octanol–water partition coefficient (Wildman–Crippen LogP) is 3.81. The number of ether oxygens (including phenoxy) is 1. The lowest BCUT2D eigenvalue weighted by Crippen LogP contribution is -2.30. The van der Waals surface area contributed by atoms with Crippen LogP contribution in [0.4, 0.5) is 0 Å². The Labute approximate surface area is 143 Å². The van der Waals surface area contributed by atoms with Crippen molar-refractivity contribution in [2.24, 2.45) is 5.73 Å². The number of hydrogen-bond acceptors (Lipinski definition) is 3. The maximum atomic E-state index is 6.27. The van der Waals surface area contributed by atoms with Gasteiger partial charge in [-0.05, 0) is 35.1 Å². The Hall–Kier alpha value is -2.33. The molecule has 0 amide bonds. The third-order valence-electron chi connectivity index (χ3n) is 4.20. The van der Waals surface area contributed by atoms with Crippen LogP contribution in [-0.2, 0) is 11.8 Å². The van der Waals surface area contributed by atoms with Crippen molar-refractivity contribution in [3.05, 3.63) is 60.0 Å². The fraction of sp³-hybridized carbons (Fsp3) is 0.350. The Morgan fingerprint density at radius 3 is 2.79 bits per heavy atom. The van der Waals surface area contributed by atoms with E-state index in [1.165, 1.54) is 10.9 Å². The molecule has 3 N–H and O–H groups in total.